The van der Waals surface area contributed by atoms with Crippen LogP contribution in [0, 0.1) is 5.92 Å². The molecule has 3 nitrogen and oxygen atoms in total. The van der Waals surface area contributed by atoms with E-state index >= 15 is 0 Å². The minimum Gasteiger partial charge on any atom is -0.463 e. The lowest BCUT2D eigenvalue weighted by atomic mass is 9.87. The molecule has 0 radical (unpaired) electrons. The van der Waals surface area contributed by atoms with E-state index in [1.54, 1.807) is 0 Å². The first-order chi connectivity index (χ1) is 10.2. The van der Waals surface area contributed by atoms with Crippen molar-refractivity contribution < 1.29 is 9.53 Å². The highest BCUT2D eigenvalue weighted by Crippen LogP contribution is 2.30. The molecule has 0 bridgehead atoms. The largest absolute Gasteiger partial charge is 0.463 e. The molecule has 0 N–H and O–H groups in total. The maximum atomic E-state index is 11.0. The predicted octanol–water partition coefficient (Wildman–Crippen LogP) is 4.15. The molecule has 0 aromatic carbocycles. The molecule has 1 heterocycles. The van der Waals surface area contributed by atoms with Gasteiger partial charge in [-0.1, -0.05) is 32.6 Å². The Morgan fingerprint density at radius 3 is 2.29 bits per heavy atom. The number of esters is 1. The molecule has 0 unspecified atom stereocenters. The van der Waals surface area contributed by atoms with Crippen molar-refractivity contribution in [3.05, 3.63) is 0 Å². The highest BCUT2D eigenvalue weighted by Gasteiger charge is 2.29. The van der Waals surface area contributed by atoms with E-state index in [0.29, 0.717) is 0 Å². The molecule has 122 valence electrons. The van der Waals surface area contributed by atoms with E-state index in [0.717, 1.165) is 24.8 Å². The Bertz CT molecular complexity index is 302. The number of nitrogens with zero attached hydrogens (tertiary/aromatic N) is 1. The summed E-state index contributed by atoms with van der Waals surface area (Å²) in [6, 6.07) is 0.744. The zero-order valence-corrected chi connectivity index (χ0v) is 14.0. The van der Waals surface area contributed by atoms with Gasteiger partial charge in [0, 0.05) is 13.0 Å². The Kier molecular flexibility index (Phi) is 7.01. The van der Waals surface area contributed by atoms with Crippen molar-refractivity contribution >= 4 is 5.97 Å². The molecule has 1 saturated carbocycles. The number of piperidine rings is 1. The fraction of sp³-hybridized carbons (Fsp3) is 0.944. The van der Waals surface area contributed by atoms with Gasteiger partial charge in [0.2, 0.25) is 0 Å². The molecule has 2 aliphatic rings. The van der Waals surface area contributed by atoms with E-state index < -0.39 is 0 Å². The summed E-state index contributed by atoms with van der Waals surface area (Å²) in [6.45, 7) is 6.39. The van der Waals surface area contributed by atoms with Crippen molar-refractivity contribution in [2.75, 3.05) is 13.1 Å². The zero-order chi connectivity index (χ0) is 15.1. The molecule has 0 amide bonds. The molecule has 1 aliphatic carbocycles. The number of likely N-dealkylation sites (tertiary alicyclic amines) is 1. The van der Waals surface area contributed by atoms with Crippen LogP contribution in [0.1, 0.15) is 78.1 Å². The number of hydrogen-bond acceptors (Lipinski definition) is 3. The topological polar surface area (TPSA) is 29.5 Å². The average molecular weight is 295 g/mol. The summed E-state index contributed by atoms with van der Waals surface area (Å²) < 4.78 is 5.34. The first kappa shape index (κ1) is 16.8. The predicted molar refractivity (Wildman–Crippen MR) is 86.2 cm³/mol. The third-order valence-electron chi connectivity index (χ3n) is 5.36. The number of rotatable bonds is 6. The molecule has 0 aromatic rings. The molecule has 1 saturated heterocycles. The van der Waals surface area contributed by atoms with Crippen LogP contribution in [0.3, 0.4) is 0 Å². The lowest BCUT2D eigenvalue weighted by Crippen LogP contribution is -2.44. The number of unbranched alkanes of at least 4 members (excludes halogenated alkanes) is 2. The summed E-state index contributed by atoms with van der Waals surface area (Å²) in [6.07, 6.45) is 13.1. The van der Waals surface area contributed by atoms with Gasteiger partial charge in [-0.3, -0.25) is 4.79 Å². The summed E-state index contributed by atoms with van der Waals surface area (Å²) in [5.74, 6) is 0.858. The maximum Gasteiger partial charge on any atom is 0.302 e. The monoisotopic (exact) mass is 295 g/mol. The van der Waals surface area contributed by atoms with Crippen LogP contribution >= 0.6 is 0 Å². The van der Waals surface area contributed by atoms with Crippen LogP contribution in [0.4, 0.5) is 0 Å². The van der Waals surface area contributed by atoms with Crippen LogP contribution in [0.15, 0.2) is 0 Å². The van der Waals surface area contributed by atoms with Gasteiger partial charge in [-0.05, 0) is 57.5 Å². The maximum absolute atomic E-state index is 11.0. The van der Waals surface area contributed by atoms with E-state index in [9.17, 15) is 4.79 Å². The van der Waals surface area contributed by atoms with Crippen molar-refractivity contribution in [3.63, 3.8) is 0 Å². The number of carbonyl (C=O) groups excluding carboxylic acids is 1. The van der Waals surface area contributed by atoms with Crippen molar-refractivity contribution in [2.24, 2.45) is 5.92 Å². The highest BCUT2D eigenvalue weighted by molar-refractivity contribution is 5.66. The number of carbonyl (C=O) groups is 1. The molecule has 0 spiro atoms. The molecule has 1 aliphatic heterocycles. The second kappa shape index (κ2) is 8.77. The van der Waals surface area contributed by atoms with Crippen LogP contribution in [0.5, 0.6) is 0 Å². The van der Waals surface area contributed by atoms with Crippen LogP contribution in [-0.2, 0) is 9.53 Å². The Hall–Kier alpha value is -0.570. The van der Waals surface area contributed by atoms with Gasteiger partial charge >= 0.3 is 5.97 Å². The Balaban J connectivity index is 1.63. The lowest BCUT2D eigenvalue weighted by molar-refractivity contribution is -0.148. The smallest absolute Gasteiger partial charge is 0.302 e. The van der Waals surface area contributed by atoms with Crippen molar-refractivity contribution in [2.45, 2.75) is 90.2 Å². The average Bonchev–Trinajstić information content (AvgIpc) is 2.49. The summed E-state index contributed by atoms with van der Waals surface area (Å²) in [5, 5.41) is 0. The van der Waals surface area contributed by atoms with Gasteiger partial charge in [0.1, 0.15) is 6.10 Å². The van der Waals surface area contributed by atoms with E-state index in [1.165, 1.54) is 71.4 Å². The first-order valence-corrected chi connectivity index (χ1v) is 9.10. The highest BCUT2D eigenvalue weighted by atomic mass is 16.5. The Labute approximate surface area is 130 Å². The second-order valence-corrected chi connectivity index (χ2v) is 7.02. The zero-order valence-electron chi connectivity index (χ0n) is 14.0. The minimum atomic E-state index is -0.119. The molecule has 0 aromatic heterocycles. The van der Waals surface area contributed by atoms with Gasteiger partial charge in [0.05, 0.1) is 0 Å². The van der Waals surface area contributed by atoms with Crippen LogP contribution < -0.4 is 0 Å². The van der Waals surface area contributed by atoms with Crippen LogP contribution in [0.2, 0.25) is 0 Å². The second-order valence-electron chi connectivity index (χ2n) is 7.02. The summed E-state index contributed by atoms with van der Waals surface area (Å²) in [4.78, 5) is 13.7. The van der Waals surface area contributed by atoms with Gasteiger partial charge in [0.15, 0.2) is 0 Å². The van der Waals surface area contributed by atoms with Gasteiger partial charge < -0.3 is 9.64 Å². The summed E-state index contributed by atoms with van der Waals surface area (Å²) in [5.41, 5.74) is 0. The van der Waals surface area contributed by atoms with E-state index in [4.69, 9.17) is 4.74 Å². The Morgan fingerprint density at radius 1 is 1.05 bits per heavy atom. The van der Waals surface area contributed by atoms with Crippen molar-refractivity contribution in [1.29, 1.82) is 0 Å². The molecule has 0 atom stereocenters. The molecular formula is C18H33NO2. The van der Waals surface area contributed by atoms with E-state index in [-0.39, 0.29) is 12.1 Å². The van der Waals surface area contributed by atoms with Gasteiger partial charge in [-0.15, -0.1) is 0 Å². The molecule has 3 heteroatoms. The standard InChI is InChI=1S/C18H33NO2/c1-3-4-5-6-16-11-13-19(14-12-16)17-7-9-18(10-8-17)21-15(2)20/h16-18H,3-14H2,1-2H3/t17-,18-. The minimum absolute atomic E-state index is 0.119. The SMILES string of the molecule is CCCCCC1CCN([C@H]2CC[C@H](OC(C)=O)CC2)CC1. The molecular weight excluding hydrogens is 262 g/mol. The number of hydrogen-bond donors (Lipinski definition) is 0. The van der Waals surface area contributed by atoms with Crippen molar-refractivity contribution in [1.82, 2.24) is 4.90 Å². The molecule has 2 rings (SSSR count). The summed E-state index contributed by atoms with van der Waals surface area (Å²) in [7, 11) is 0. The quantitative estimate of drug-likeness (QED) is 0.544. The van der Waals surface area contributed by atoms with Crippen LogP contribution in [0.25, 0.3) is 0 Å². The van der Waals surface area contributed by atoms with Gasteiger partial charge in [-0.2, -0.15) is 0 Å². The van der Waals surface area contributed by atoms with E-state index in [1.807, 2.05) is 0 Å². The van der Waals surface area contributed by atoms with Gasteiger partial charge in [-0.25, -0.2) is 0 Å². The fourth-order valence-corrected chi connectivity index (χ4v) is 4.05. The third-order valence-corrected chi connectivity index (χ3v) is 5.36. The first-order valence-electron chi connectivity index (χ1n) is 9.10. The van der Waals surface area contributed by atoms with Crippen LogP contribution in [-0.4, -0.2) is 36.1 Å². The molecule has 2 fully saturated rings. The van der Waals surface area contributed by atoms with Crippen molar-refractivity contribution in [3.8, 4) is 0 Å². The fourth-order valence-electron chi connectivity index (χ4n) is 4.05. The number of ether oxygens (including phenoxy) is 1. The normalized spacial score (nSPS) is 28.5. The summed E-state index contributed by atoms with van der Waals surface area (Å²) >= 11 is 0. The van der Waals surface area contributed by atoms with Gasteiger partial charge in [0.25, 0.3) is 0 Å². The Morgan fingerprint density at radius 2 is 1.71 bits per heavy atom. The van der Waals surface area contributed by atoms with E-state index in [2.05, 4.69) is 11.8 Å². The molecule has 21 heavy (non-hydrogen) atoms. The third kappa shape index (κ3) is 5.61. The lowest BCUT2D eigenvalue weighted by Gasteiger charge is -2.40.